The molecule has 1 aromatic carbocycles. The van der Waals surface area contributed by atoms with E-state index in [0.29, 0.717) is 5.82 Å². The molecular weight excluding hydrogens is 370 g/mol. The van der Waals surface area contributed by atoms with E-state index >= 15 is 0 Å². The van der Waals surface area contributed by atoms with E-state index in [1.54, 1.807) is 39.1 Å². The number of nitrogens with zero attached hydrogens (tertiary/aromatic N) is 1. The van der Waals surface area contributed by atoms with Crippen molar-refractivity contribution in [2.75, 3.05) is 5.32 Å². The zero-order chi connectivity index (χ0) is 17.7. The molecule has 1 atom stereocenters. The van der Waals surface area contributed by atoms with Crippen molar-refractivity contribution in [3.63, 3.8) is 0 Å². The van der Waals surface area contributed by atoms with Crippen molar-refractivity contribution in [1.82, 2.24) is 4.98 Å². The first kappa shape index (κ1) is 18.1. The van der Waals surface area contributed by atoms with Gasteiger partial charge in [-0.2, -0.15) is 0 Å². The molecule has 1 heterocycles. The molecule has 0 aliphatic heterocycles. The summed E-state index contributed by atoms with van der Waals surface area (Å²) in [6.45, 7) is 5.33. The number of halogens is 1. The van der Waals surface area contributed by atoms with Crippen LogP contribution in [0, 0.1) is 5.41 Å². The van der Waals surface area contributed by atoms with Crippen LogP contribution in [-0.2, 0) is 9.53 Å². The van der Waals surface area contributed by atoms with E-state index in [2.05, 4.69) is 26.2 Å². The Labute approximate surface area is 150 Å². The fourth-order valence-electron chi connectivity index (χ4n) is 2.02. The predicted molar refractivity (Wildman–Crippen MR) is 98.3 cm³/mol. The summed E-state index contributed by atoms with van der Waals surface area (Å²) >= 11 is 3.39. The molecule has 2 N–H and O–H groups in total. The third-order valence-electron chi connectivity index (χ3n) is 3.07. The minimum Gasteiger partial charge on any atom is -0.455 e. The summed E-state index contributed by atoms with van der Waals surface area (Å²) in [4.78, 5) is 16.5. The lowest BCUT2D eigenvalue weighted by Gasteiger charge is -2.24. The average Bonchev–Trinajstić information content (AvgIpc) is 2.52. The fraction of sp³-hybridized carbons (Fsp3) is 0.278. The molecule has 0 saturated carbocycles. The predicted octanol–water partition coefficient (Wildman–Crippen LogP) is 4.36. The van der Waals surface area contributed by atoms with Crippen molar-refractivity contribution in [3.05, 3.63) is 58.7 Å². The Morgan fingerprint density at radius 2 is 1.88 bits per heavy atom. The highest BCUT2D eigenvalue weighted by Gasteiger charge is 2.28. The third kappa shape index (κ3) is 5.16. The molecule has 0 aliphatic rings. The fourth-order valence-corrected chi connectivity index (χ4v) is 2.29. The maximum atomic E-state index is 12.3. The second-order valence-electron chi connectivity index (χ2n) is 6.26. The molecular formula is C18H20BrN3O2. The Kier molecular flexibility index (Phi) is 5.72. The van der Waals surface area contributed by atoms with E-state index < -0.39 is 17.6 Å². The van der Waals surface area contributed by atoms with Gasteiger partial charge in [-0.25, -0.2) is 9.78 Å². The van der Waals surface area contributed by atoms with Crippen LogP contribution in [0.1, 0.15) is 32.4 Å². The minimum absolute atomic E-state index is 0.169. The molecule has 2 aromatic rings. The second kappa shape index (κ2) is 7.57. The Balaban J connectivity index is 2.30. The molecule has 0 aliphatic carbocycles. The molecule has 0 radical (unpaired) electrons. The molecule has 0 amide bonds. The number of rotatable bonds is 5. The van der Waals surface area contributed by atoms with Crippen molar-refractivity contribution in [3.8, 4) is 0 Å². The van der Waals surface area contributed by atoms with Gasteiger partial charge in [-0.3, -0.25) is 5.41 Å². The van der Waals surface area contributed by atoms with Crippen LogP contribution in [0.25, 0.3) is 0 Å². The maximum Gasteiger partial charge on any atom is 0.355 e. The van der Waals surface area contributed by atoms with Gasteiger partial charge in [0.15, 0.2) is 0 Å². The molecule has 5 nitrogen and oxygen atoms in total. The molecule has 0 saturated heterocycles. The standard InChI is InChI=1S/C18H20BrN3O2/c1-18(2,3)24-17(23)15(20)16(12-7-9-13(19)10-8-12)22-14-6-4-5-11-21-14/h4-11,16,20H,1-3H3,(H,21,22). The van der Waals surface area contributed by atoms with Gasteiger partial charge < -0.3 is 10.1 Å². The van der Waals surface area contributed by atoms with Crippen LogP contribution < -0.4 is 5.32 Å². The first-order valence-corrected chi connectivity index (χ1v) is 8.30. The first-order chi connectivity index (χ1) is 11.3. The number of hydrogen-bond donors (Lipinski definition) is 2. The number of anilines is 1. The van der Waals surface area contributed by atoms with E-state index in [1.807, 2.05) is 30.3 Å². The summed E-state index contributed by atoms with van der Waals surface area (Å²) in [6, 6.07) is 12.2. The lowest BCUT2D eigenvalue weighted by atomic mass is 10.0. The van der Waals surface area contributed by atoms with Gasteiger partial charge in [-0.1, -0.05) is 34.1 Å². The Morgan fingerprint density at radius 3 is 2.42 bits per heavy atom. The molecule has 6 heteroatoms. The molecule has 1 aromatic heterocycles. The van der Waals surface area contributed by atoms with Gasteiger partial charge in [0.05, 0.1) is 0 Å². The van der Waals surface area contributed by atoms with Crippen molar-refractivity contribution < 1.29 is 9.53 Å². The van der Waals surface area contributed by atoms with Crippen LogP contribution in [0.15, 0.2) is 53.1 Å². The molecule has 0 bridgehead atoms. The van der Waals surface area contributed by atoms with E-state index in [4.69, 9.17) is 10.1 Å². The maximum absolute atomic E-state index is 12.3. The van der Waals surface area contributed by atoms with Crippen molar-refractivity contribution in [2.24, 2.45) is 0 Å². The summed E-state index contributed by atoms with van der Waals surface area (Å²) in [6.07, 6.45) is 1.65. The van der Waals surface area contributed by atoms with Crippen molar-refractivity contribution in [1.29, 1.82) is 5.41 Å². The number of carbonyl (C=O) groups is 1. The first-order valence-electron chi connectivity index (χ1n) is 7.51. The van der Waals surface area contributed by atoms with Crippen LogP contribution in [0.2, 0.25) is 0 Å². The number of esters is 1. The lowest BCUT2D eigenvalue weighted by molar-refractivity contribution is -0.146. The number of hydrogen-bond acceptors (Lipinski definition) is 5. The van der Waals surface area contributed by atoms with Crippen LogP contribution in [0.4, 0.5) is 5.82 Å². The molecule has 0 spiro atoms. The molecule has 24 heavy (non-hydrogen) atoms. The zero-order valence-corrected chi connectivity index (χ0v) is 15.4. The summed E-state index contributed by atoms with van der Waals surface area (Å²) in [7, 11) is 0. The number of ether oxygens (including phenoxy) is 1. The van der Waals surface area contributed by atoms with Crippen molar-refractivity contribution in [2.45, 2.75) is 32.4 Å². The van der Waals surface area contributed by atoms with Gasteiger partial charge in [0.1, 0.15) is 23.2 Å². The largest absolute Gasteiger partial charge is 0.455 e. The highest BCUT2D eigenvalue weighted by molar-refractivity contribution is 9.10. The normalized spacial score (nSPS) is 12.3. The van der Waals surface area contributed by atoms with E-state index in [-0.39, 0.29) is 5.71 Å². The van der Waals surface area contributed by atoms with E-state index in [0.717, 1.165) is 10.0 Å². The zero-order valence-electron chi connectivity index (χ0n) is 13.8. The quantitative estimate of drug-likeness (QED) is 0.588. The molecule has 126 valence electrons. The van der Waals surface area contributed by atoms with Crippen molar-refractivity contribution >= 4 is 33.4 Å². The Bertz CT molecular complexity index is 709. The highest BCUT2D eigenvalue weighted by atomic mass is 79.9. The summed E-state index contributed by atoms with van der Waals surface area (Å²) < 4.78 is 6.25. The Morgan fingerprint density at radius 1 is 1.21 bits per heavy atom. The average molecular weight is 390 g/mol. The van der Waals surface area contributed by atoms with Crippen LogP contribution in [0.3, 0.4) is 0 Å². The van der Waals surface area contributed by atoms with Gasteiger partial charge in [0.25, 0.3) is 0 Å². The lowest BCUT2D eigenvalue weighted by Crippen LogP contribution is -2.34. The summed E-state index contributed by atoms with van der Waals surface area (Å²) in [5.74, 6) is -0.0717. The SMILES string of the molecule is CC(C)(C)OC(=O)C(=N)C(Nc1ccccn1)c1ccc(Br)cc1. The van der Waals surface area contributed by atoms with Crippen LogP contribution >= 0.6 is 15.9 Å². The topological polar surface area (TPSA) is 75.1 Å². The van der Waals surface area contributed by atoms with Gasteiger partial charge in [0.2, 0.25) is 0 Å². The molecule has 2 rings (SSSR count). The van der Waals surface area contributed by atoms with Gasteiger partial charge in [-0.15, -0.1) is 0 Å². The van der Waals surface area contributed by atoms with Gasteiger partial charge in [0, 0.05) is 10.7 Å². The summed E-state index contributed by atoms with van der Waals surface area (Å²) in [5.41, 5.74) is -0.0452. The highest BCUT2D eigenvalue weighted by Crippen LogP contribution is 2.23. The second-order valence-corrected chi connectivity index (χ2v) is 7.18. The Hall–Kier alpha value is -2.21. The smallest absolute Gasteiger partial charge is 0.355 e. The monoisotopic (exact) mass is 389 g/mol. The molecule has 0 fully saturated rings. The minimum atomic E-state index is -0.654. The number of aromatic nitrogens is 1. The van der Waals surface area contributed by atoms with Crippen LogP contribution in [-0.4, -0.2) is 22.3 Å². The van der Waals surface area contributed by atoms with E-state index in [1.165, 1.54) is 0 Å². The number of benzene rings is 1. The van der Waals surface area contributed by atoms with Gasteiger partial charge in [-0.05, 0) is 50.6 Å². The van der Waals surface area contributed by atoms with E-state index in [9.17, 15) is 4.79 Å². The number of pyridine rings is 1. The summed E-state index contributed by atoms with van der Waals surface area (Å²) in [5, 5.41) is 11.4. The van der Waals surface area contributed by atoms with Gasteiger partial charge >= 0.3 is 5.97 Å². The number of carbonyl (C=O) groups excluding carboxylic acids is 1. The van der Waals surface area contributed by atoms with Crippen LogP contribution in [0.5, 0.6) is 0 Å². The molecule has 1 unspecified atom stereocenters. The number of nitrogens with one attached hydrogen (secondary N) is 2. The third-order valence-corrected chi connectivity index (χ3v) is 3.60.